The molecule has 1 heterocycles. The van der Waals surface area contributed by atoms with E-state index in [1.165, 1.54) is 0 Å². The van der Waals surface area contributed by atoms with Gasteiger partial charge >= 0.3 is 0 Å². The lowest BCUT2D eigenvalue weighted by Gasteiger charge is -2.06. The van der Waals surface area contributed by atoms with E-state index < -0.39 is 0 Å². The van der Waals surface area contributed by atoms with Crippen LogP contribution in [0.1, 0.15) is 13.8 Å². The Morgan fingerprint density at radius 2 is 2.09 bits per heavy atom. The lowest BCUT2D eigenvalue weighted by atomic mass is 10.5. The fourth-order valence-corrected chi connectivity index (χ4v) is 0.808. The number of nitrogens with zero attached hydrogens (tertiary/aromatic N) is 2. The van der Waals surface area contributed by atoms with Gasteiger partial charge in [-0.2, -0.15) is 0 Å². The SMILES string of the molecule is CC(C)Oc1cnc(Br)cn1. The molecule has 0 amide bonds. The topological polar surface area (TPSA) is 35.0 Å². The van der Waals surface area contributed by atoms with Crippen LogP contribution in [0.3, 0.4) is 0 Å². The van der Waals surface area contributed by atoms with Gasteiger partial charge in [-0.25, -0.2) is 9.97 Å². The Hall–Kier alpha value is -0.640. The third-order valence-electron chi connectivity index (χ3n) is 0.953. The average Bonchev–Trinajstić information content (AvgIpc) is 1.93. The van der Waals surface area contributed by atoms with Crippen LogP contribution in [0.5, 0.6) is 5.88 Å². The zero-order valence-corrected chi connectivity index (χ0v) is 8.00. The summed E-state index contributed by atoms with van der Waals surface area (Å²) in [5, 5.41) is 0. The second kappa shape index (κ2) is 3.67. The molecular formula is C7H9BrN2O. The molecule has 0 saturated carbocycles. The number of hydrogen-bond acceptors (Lipinski definition) is 3. The van der Waals surface area contributed by atoms with E-state index in [-0.39, 0.29) is 6.10 Å². The van der Waals surface area contributed by atoms with Gasteiger partial charge in [0.1, 0.15) is 4.60 Å². The summed E-state index contributed by atoms with van der Waals surface area (Å²) in [4.78, 5) is 7.95. The molecule has 0 bridgehead atoms. The van der Waals surface area contributed by atoms with Crippen LogP contribution >= 0.6 is 15.9 Å². The van der Waals surface area contributed by atoms with Crippen molar-refractivity contribution in [2.75, 3.05) is 0 Å². The van der Waals surface area contributed by atoms with Crippen molar-refractivity contribution in [1.82, 2.24) is 9.97 Å². The second-order valence-corrected chi connectivity index (χ2v) is 3.16. The standard InChI is InChI=1S/C7H9BrN2O/c1-5(2)11-7-4-9-6(8)3-10-7/h3-5H,1-2H3. The first-order chi connectivity index (χ1) is 5.18. The molecule has 0 unspecified atom stereocenters. The maximum Gasteiger partial charge on any atom is 0.232 e. The maximum absolute atomic E-state index is 5.27. The molecule has 0 spiro atoms. The molecular weight excluding hydrogens is 208 g/mol. The van der Waals surface area contributed by atoms with Crippen LogP contribution in [0.25, 0.3) is 0 Å². The smallest absolute Gasteiger partial charge is 0.232 e. The Morgan fingerprint density at radius 1 is 1.36 bits per heavy atom. The van der Waals surface area contributed by atoms with Crippen molar-refractivity contribution in [3.63, 3.8) is 0 Å². The molecule has 0 N–H and O–H groups in total. The molecule has 11 heavy (non-hydrogen) atoms. The minimum absolute atomic E-state index is 0.144. The van der Waals surface area contributed by atoms with Crippen molar-refractivity contribution in [2.24, 2.45) is 0 Å². The number of ether oxygens (including phenoxy) is 1. The van der Waals surface area contributed by atoms with E-state index in [9.17, 15) is 0 Å². The number of rotatable bonds is 2. The van der Waals surface area contributed by atoms with Gasteiger partial charge < -0.3 is 4.74 Å². The number of aromatic nitrogens is 2. The Kier molecular flexibility index (Phi) is 2.82. The van der Waals surface area contributed by atoms with E-state index in [4.69, 9.17) is 4.74 Å². The highest BCUT2D eigenvalue weighted by molar-refractivity contribution is 9.10. The summed E-state index contributed by atoms with van der Waals surface area (Å²) in [6, 6.07) is 0. The van der Waals surface area contributed by atoms with Gasteiger partial charge in [-0.1, -0.05) is 0 Å². The lowest BCUT2D eigenvalue weighted by molar-refractivity contribution is 0.231. The van der Waals surface area contributed by atoms with Gasteiger partial charge in [-0.05, 0) is 29.8 Å². The van der Waals surface area contributed by atoms with Crippen LogP contribution in [0, 0.1) is 0 Å². The maximum atomic E-state index is 5.27. The summed E-state index contributed by atoms with van der Waals surface area (Å²) in [6.45, 7) is 3.90. The van der Waals surface area contributed by atoms with Gasteiger partial charge in [-0.15, -0.1) is 0 Å². The van der Waals surface area contributed by atoms with Crippen molar-refractivity contribution in [1.29, 1.82) is 0 Å². The van der Waals surface area contributed by atoms with Gasteiger partial charge in [0.15, 0.2) is 0 Å². The molecule has 60 valence electrons. The molecule has 3 nitrogen and oxygen atoms in total. The van der Waals surface area contributed by atoms with Crippen molar-refractivity contribution in [3.8, 4) is 5.88 Å². The third kappa shape index (κ3) is 2.84. The molecule has 0 radical (unpaired) electrons. The Balaban J connectivity index is 2.66. The molecule has 1 aromatic heterocycles. The molecule has 4 heteroatoms. The summed E-state index contributed by atoms with van der Waals surface area (Å²) in [5.74, 6) is 0.559. The average molecular weight is 217 g/mol. The predicted molar refractivity (Wildman–Crippen MR) is 45.5 cm³/mol. The largest absolute Gasteiger partial charge is 0.474 e. The highest BCUT2D eigenvalue weighted by Gasteiger charge is 1.97. The molecule has 0 fully saturated rings. The van der Waals surface area contributed by atoms with Crippen molar-refractivity contribution >= 4 is 15.9 Å². The summed E-state index contributed by atoms with van der Waals surface area (Å²) in [6.07, 6.45) is 3.34. The van der Waals surface area contributed by atoms with E-state index in [2.05, 4.69) is 25.9 Å². The van der Waals surface area contributed by atoms with E-state index >= 15 is 0 Å². The van der Waals surface area contributed by atoms with Crippen LogP contribution in [0.4, 0.5) is 0 Å². The zero-order chi connectivity index (χ0) is 8.27. The van der Waals surface area contributed by atoms with Crippen LogP contribution in [-0.2, 0) is 0 Å². The van der Waals surface area contributed by atoms with E-state index in [1.807, 2.05) is 13.8 Å². The van der Waals surface area contributed by atoms with Gasteiger partial charge in [0.2, 0.25) is 5.88 Å². The zero-order valence-electron chi connectivity index (χ0n) is 6.41. The first-order valence-corrected chi connectivity index (χ1v) is 4.12. The Bertz CT molecular complexity index is 222. The normalized spacial score (nSPS) is 10.2. The lowest BCUT2D eigenvalue weighted by Crippen LogP contribution is -2.06. The van der Waals surface area contributed by atoms with Crippen molar-refractivity contribution in [2.45, 2.75) is 20.0 Å². The monoisotopic (exact) mass is 216 g/mol. The fraction of sp³-hybridized carbons (Fsp3) is 0.429. The van der Waals surface area contributed by atoms with E-state index in [1.54, 1.807) is 12.4 Å². The van der Waals surface area contributed by atoms with Gasteiger partial charge in [-0.3, -0.25) is 0 Å². The molecule has 0 aromatic carbocycles. The molecule has 0 atom stereocenters. The molecule has 0 saturated heterocycles. The van der Waals surface area contributed by atoms with Crippen LogP contribution in [-0.4, -0.2) is 16.1 Å². The van der Waals surface area contributed by atoms with Crippen LogP contribution in [0.2, 0.25) is 0 Å². The first kappa shape index (κ1) is 8.46. The summed E-state index contributed by atoms with van der Waals surface area (Å²) < 4.78 is 5.99. The fourth-order valence-electron chi connectivity index (χ4n) is 0.603. The summed E-state index contributed by atoms with van der Waals surface area (Å²) >= 11 is 3.18. The minimum atomic E-state index is 0.144. The van der Waals surface area contributed by atoms with E-state index in [0.717, 1.165) is 0 Å². The summed E-state index contributed by atoms with van der Waals surface area (Å²) in [5.41, 5.74) is 0. The van der Waals surface area contributed by atoms with Gasteiger partial charge in [0, 0.05) is 0 Å². The van der Waals surface area contributed by atoms with Crippen LogP contribution < -0.4 is 4.74 Å². The Labute approximate surface area is 73.9 Å². The quantitative estimate of drug-likeness (QED) is 0.760. The number of hydrogen-bond donors (Lipinski definition) is 0. The highest BCUT2D eigenvalue weighted by atomic mass is 79.9. The van der Waals surface area contributed by atoms with Gasteiger partial charge in [0.05, 0.1) is 18.5 Å². The summed E-state index contributed by atoms with van der Waals surface area (Å²) in [7, 11) is 0. The molecule has 0 aliphatic heterocycles. The van der Waals surface area contributed by atoms with Crippen molar-refractivity contribution in [3.05, 3.63) is 17.0 Å². The van der Waals surface area contributed by atoms with Crippen LogP contribution in [0.15, 0.2) is 17.0 Å². The molecule has 1 rings (SSSR count). The molecule has 1 aromatic rings. The molecule has 0 aliphatic rings. The second-order valence-electron chi connectivity index (χ2n) is 2.34. The number of halogens is 1. The van der Waals surface area contributed by atoms with Crippen molar-refractivity contribution < 1.29 is 4.74 Å². The van der Waals surface area contributed by atoms with E-state index in [0.29, 0.717) is 10.5 Å². The highest BCUT2D eigenvalue weighted by Crippen LogP contribution is 2.09. The molecule has 0 aliphatic carbocycles. The first-order valence-electron chi connectivity index (χ1n) is 3.32. The van der Waals surface area contributed by atoms with Gasteiger partial charge in [0.25, 0.3) is 0 Å². The minimum Gasteiger partial charge on any atom is -0.474 e. The third-order valence-corrected chi connectivity index (χ3v) is 1.36. The predicted octanol–water partition coefficient (Wildman–Crippen LogP) is 2.03. The Morgan fingerprint density at radius 3 is 2.55 bits per heavy atom.